The fourth-order valence-corrected chi connectivity index (χ4v) is 4.76. The lowest BCUT2D eigenvalue weighted by Crippen LogP contribution is -2.36. The van der Waals surface area contributed by atoms with Crippen molar-refractivity contribution in [1.82, 2.24) is 15.2 Å². The lowest BCUT2D eigenvalue weighted by atomic mass is 10.1. The van der Waals surface area contributed by atoms with E-state index >= 15 is 0 Å². The number of rotatable bonds is 9. The minimum Gasteiger partial charge on any atom is -0.493 e. The Labute approximate surface area is 204 Å². The summed E-state index contributed by atoms with van der Waals surface area (Å²) in [5.74, 6) is 1.79. The average molecular weight is 479 g/mol. The number of hydrogen-bond donors (Lipinski definition) is 0. The number of carbonyl (C=O) groups excluding carboxylic acids is 1. The average Bonchev–Trinajstić information content (AvgIpc) is 2.99. The predicted molar refractivity (Wildman–Crippen MR) is 134 cm³/mol. The van der Waals surface area contributed by atoms with Gasteiger partial charge < -0.3 is 9.47 Å². The molecule has 34 heavy (non-hydrogen) atoms. The molecule has 0 unspecified atom stereocenters. The Balaban J connectivity index is 1.77. The molecule has 1 aliphatic heterocycles. The smallest absolute Gasteiger partial charge is 0.247 e. The predicted octanol–water partition coefficient (Wildman–Crippen LogP) is 6.05. The topological polar surface area (TPSA) is 77.4 Å². The molecule has 3 aromatic rings. The zero-order valence-corrected chi connectivity index (χ0v) is 20.7. The number of aromatic nitrogens is 3. The third-order valence-electron chi connectivity index (χ3n) is 5.56. The van der Waals surface area contributed by atoms with E-state index in [1.54, 1.807) is 16.7 Å². The van der Waals surface area contributed by atoms with Gasteiger partial charge in [0, 0.05) is 18.2 Å². The number of fused-ring (bicyclic) bond motifs is 3. The second-order valence-corrected chi connectivity index (χ2v) is 9.07. The molecule has 0 bridgehead atoms. The van der Waals surface area contributed by atoms with Crippen molar-refractivity contribution in [2.45, 2.75) is 57.8 Å². The molecule has 1 aromatic heterocycles. The van der Waals surface area contributed by atoms with E-state index < -0.39 is 6.23 Å². The van der Waals surface area contributed by atoms with Gasteiger partial charge in [0.2, 0.25) is 23.2 Å². The van der Waals surface area contributed by atoms with Gasteiger partial charge in [-0.05, 0) is 31.5 Å². The van der Waals surface area contributed by atoms with Crippen LogP contribution in [0.15, 0.2) is 53.7 Å². The first kappa shape index (κ1) is 24.0. The van der Waals surface area contributed by atoms with Crippen LogP contribution < -0.4 is 14.4 Å². The Bertz CT molecular complexity index is 1140. The number of para-hydroxylation sites is 2. The Morgan fingerprint density at radius 2 is 1.85 bits per heavy atom. The van der Waals surface area contributed by atoms with Gasteiger partial charge in [-0.2, -0.15) is 4.98 Å². The van der Waals surface area contributed by atoms with Gasteiger partial charge in [0.15, 0.2) is 5.69 Å². The van der Waals surface area contributed by atoms with Gasteiger partial charge >= 0.3 is 0 Å². The molecule has 2 aromatic carbocycles. The first-order chi connectivity index (χ1) is 16.6. The summed E-state index contributed by atoms with van der Waals surface area (Å²) in [6.07, 6.45) is 3.96. The molecule has 7 nitrogen and oxygen atoms in total. The first-order valence-corrected chi connectivity index (χ1v) is 12.8. The SMILES string of the molecule is CCCCCCSc1nnc2c(n1)O[C@H](c1ccccc1OCC)N(C(C)=O)c1ccccc1-2. The van der Waals surface area contributed by atoms with Crippen LogP contribution in [-0.2, 0) is 4.79 Å². The number of nitrogens with zero attached hydrogens (tertiary/aromatic N) is 4. The van der Waals surface area contributed by atoms with E-state index in [0.717, 1.165) is 23.3 Å². The van der Waals surface area contributed by atoms with E-state index in [1.165, 1.54) is 26.2 Å². The summed E-state index contributed by atoms with van der Waals surface area (Å²) in [6.45, 7) is 6.16. The number of hydrogen-bond acceptors (Lipinski definition) is 7. The molecular weight excluding hydrogens is 448 g/mol. The summed E-state index contributed by atoms with van der Waals surface area (Å²) < 4.78 is 12.3. The number of benzene rings is 2. The monoisotopic (exact) mass is 478 g/mol. The third kappa shape index (κ3) is 5.17. The second kappa shape index (κ2) is 11.3. The molecule has 0 N–H and O–H groups in total. The highest BCUT2D eigenvalue weighted by Gasteiger charge is 2.35. The standard InChI is InChI=1S/C26H30N4O3S/c1-4-6-7-12-17-34-26-27-24-23(28-29-26)19-13-8-10-15-21(19)30(18(3)31)25(33-24)20-14-9-11-16-22(20)32-5-2/h8-11,13-16,25H,4-7,12,17H2,1-3H3/t25-/m1/s1. The summed E-state index contributed by atoms with van der Waals surface area (Å²) in [7, 11) is 0. The Morgan fingerprint density at radius 1 is 1.06 bits per heavy atom. The quantitative estimate of drug-likeness (QED) is 0.273. The van der Waals surface area contributed by atoms with Crippen LogP contribution in [0.5, 0.6) is 11.6 Å². The Kier molecular flexibility index (Phi) is 8.00. The maximum Gasteiger partial charge on any atom is 0.247 e. The van der Waals surface area contributed by atoms with E-state index in [-0.39, 0.29) is 5.91 Å². The molecule has 178 valence electrons. The van der Waals surface area contributed by atoms with Gasteiger partial charge in [-0.3, -0.25) is 9.69 Å². The van der Waals surface area contributed by atoms with Gasteiger partial charge in [0.05, 0.1) is 17.9 Å². The van der Waals surface area contributed by atoms with Crippen LogP contribution in [0.3, 0.4) is 0 Å². The molecule has 0 spiro atoms. The Morgan fingerprint density at radius 3 is 2.65 bits per heavy atom. The molecule has 2 heterocycles. The summed E-state index contributed by atoms with van der Waals surface area (Å²) in [5, 5.41) is 9.42. The number of ether oxygens (including phenoxy) is 2. The van der Waals surface area contributed by atoms with Crippen molar-refractivity contribution in [2.75, 3.05) is 17.3 Å². The summed E-state index contributed by atoms with van der Waals surface area (Å²) in [6, 6.07) is 15.2. The van der Waals surface area contributed by atoms with Crippen LogP contribution in [0.4, 0.5) is 5.69 Å². The lowest BCUT2D eigenvalue weighted by Gasteiger charge is -2.30. The van der Waals surface area contributed by atoms with E-state index in [2.05, 4.69) is 17.1 Å². The molecule has 0 fully saturated rings. The van der Waals surface area contributed by atoms with Crippen LogP contribution in [0, 0.1) is 0 Å². The van der Waals surface area contributed by atoms with Crippen molar-refractivity contribution < 1.29 is 14.3 Å². The van der Waals surface area contributed by atoms with Gasteiger partial charge in [-0.25, -0.2) is 0 Å². The zero-order chi connectivity index (χ0) is 23.9. The summed E-state index contributed by atoms with van der Waals surface area (Å²) in [5.41, 5.74) is 2.72. The molecule has 0 radical (unpaired) electrons. The molecule has 1 aliphatic rings. The number of carbonyl (C=O) groups is 1. The Hall–Kier alpha value is -3.13. The number of anilines is 1. The molecule has 4 rings (SSSR count). The molecular formula is C26H30N4O3S. The van der Waals surface area contributed by atoms with Crippen LogP contribution >= 0.6 is 11.8 Å². The first-order valence-electron chi connectivity index (χ1n) is 11.8. The third-order valence-corrected chi connectivity index (χ3v) is 6.49. The largest absolute Gasteiger partial charge is 0.493 e. The maximum atomic E-state index is 13.0. The lowest BCUT2D eigenvalue weighted by molar-refractivity contribution is -0.118. The number of unbranched alkanes of at least 4 members (excludes halogenated alkanes) is 3. The van der Waals surface area contributed by atoms with Crippen molar-refractivity contribution >= 4 is 23.4 Å². The molecule has 8 heteroatoms. The molecule has 0 saturated carbocycles. The van der Waals surface area contributed by atoms with Crippen molar-refractivity contribution in [2.24, 2.45) is 0 Å². The number of amides is 1. The summed E-state index contributed by atoms with van der Waals surface area (Å²) >= 11 is 1.58. The van der Waals surface area contributed by atoms with E-state index in [1.807, 2.05) is 55.5 Å². The van der Waals surface area contributed by atoms with Crippen LogP contribution in [-0.4, -0.2) is 33.4 Å². The summed E-state index contributed by atoms with van der Waals surface area (Å²) in [4.78, 5) is 19.3. The number of thioether (sulfide) groups is 1. The van der Waals surface area contributed by atoms with Gasteiger partial charge in [-0.15, -0.1) is 10.2 Å². The molecule has 0 saturated heterocycles. The minimum absolute atomic E-state index is 0.157. The van der Waals surface area contributed by atoms with Crippen LogP contribution in [0.1, 0.15) is 58.2 Å². The molecule has 1 atom stereocenters. The van der Waals surface area contributed by atoms with Gasteiger partial charge in [0.1, 0.15) is 5.75 Å². The zero-order valence-electron chi connectivity index (χ0n) is 19.9. The molecule has 0 aliphatic carbocycles. The van der Waals surface area contributed by atoms with Crippen molar-refractivity contribution in [3.63, 3.8) is 0 Å². The molecule has 1 amide bonds. The van der Waals surface area contributed by atoms with E-state index in [0.29, 0.717) is 34.8 Å². The second-order valence-electron chi connectivity index (χ2n) is 8.00. The fraction of sp³-hybridized carbons (Fsp3) is 0.385. The highest BCUT2D eigenvalue weighted by molar-refractivity contribution is 7.99. The highest BCUT2D eigenvalue weighted by Crippen LogP contribution is 2.44. The highest BCUT2D eigenvalue weighted by atomic mass is 32.2. The maximum absolute atomic E-state index is 13.0. The minimum atomic E-state index is -0.762. The van der Waals surface area contributed by atoms with Crippen molar-refractivity contribution in [1.29, 1.82) is 0 Å². The van der Waals surface area contributed by atoms with Crippen LogP contribution in [0.2, 0.25) is 0 Å². The van der Waals surface area contributed by atoms with E-state index in [9.17, 15) is 4.79 Å². The van der Waals surface area contributed by atoms with Crippen molar-refractivity contribution in [3.05, 3.63) is 54.1 Å². The normalized spacial score (nSPS) is 14.6. The fourth-order valence-electron chi connectivity index (χ4n) is 3.98. The van der Waals surface area contributed by atoms with Gasteiger partial charge in [-0.1, -0.05) is 68.3 Å². The van der Waals surface area contributed by atoms with E-state index in [4.69, 9.17) is 14.5 Å². The van der Waals surface area contributed by atoms with Crippen molar-refractivity contribution in [3.8, 4) is 22.9 Å². The van der Waals surface area contributed by atoms with Crippen LogP contribution in [0.25, 0.3) is 11.3 Å². The van der Waals surface area contributed by atoms with Gasteiger partial charge in [0.25, 0.3) is 0 Å².